The number of hydrogen-bond acceptors (Lipinski definition) is 4. The molecule has 2 aliphatic rings. The van der Waals surface area contributed by atoms with Crippen LogP contribution in [0.4, 0.5) is 0 Å². The van der Waals surface area contributed by atoms with Crippen LogP contribution in [0.2, 0.25) is 0 Å². The van der Waals surface area contributed by atoms with Crippen LogP contribution in [0.5, 0.6) is 0 Å². The lowest BCUT2D eigenvalue weighted by Gasteiger charge is -2.27. The molecule has 2 saturated heterocycles. The molecule has 5 nitrogen and oxygen atoms in total. The monoisotopic (exact) mass is 360 g/mol. The molecule has 1 aromatic carbocycles. The number of carbonyl (C=O) groups excluding carboxylic acids is 1. The quantitative estimate of drug-likeness (QED) is 0.782. The van der Waals surface area contributed by atoms with E-state index < -0.39 is 0 Å². The first kappa shape index (κ1) is 19.3. The van der Waals surface area contributed by atoms with Crippen molar-refractivity contribution in [1.82, 2.24) is 9.80 Å². The highest BCUT2D eigenvalue weighted by Crippen LogP contribution is 2.15. The number of ether oxygens (including phenoxy) is 2. The average Bonchev–Trinajstić information content (AvgIpc) is 2.93. The van der Waals surface area contributed by atoms with E-state index in [-0.39, 0.29) is 18.1 Å². The first-order valence-electron chi connectivity index (χ1n) is 10.0. The van der Waals surface area contributed by atoms with Crippen molar-refractivity contribution >= 4 is 5.91 Å². The van der Waals surface area contributed by atoms with Gasteiger partial charge in [-0.1, -0.05) is 30.3 Å². The van der Waals surface area contributed by atoms with Crippen molar-refractivity contribution < 1.29 is 14.3 Å². The molecule has 0 unspecified atom stereocenters. The summed E-state index contributed by atoms with van der Waals surface area (Å²) in [4.78, 5) is 17.1. The number of carbonyl (C=O) groups is 1. The Morgan fingerprint density at radius 1 is 1.15 bits per heavy atom. The summed E-state index contributed by atoms with van der Waals surface area (Å²) in [7, 11) is 0. The minimum absolute atomic E-state index is 0.113. The first-order valence-corrected chi connectivity index (χ1v) is 10.0. The second-order valence-electron chi connectivity index (χ2n) is 7.40. The third-order valence-electron chi connectivity index (χ3n) is 5.30. The van der Waals surface area contributed by atoms with Crippen LogP contribution in [0.25, 0.3) is 0 Å². The zero-order valence-electron chi connectivity index (χ0n) is 15.9. The minimum Gasteiger partial charge on any atom is -0.376 e. The number of benzene rings is 1. The summed E-state index contributed by atoms with van der Waals surface area (Å²) in [5.41, 5.74) is 1.33. The lowest BCUT2D eigenvalue weighted by atomic mass is 10.1. The Kier molecular flexibility index (Phi) is 7.47. The van der Waals surface area contributed by atoms with Gasteiger partial charge in [0.25, 0.3) is 5.91 Å². The predicted molar refractivity (Wildman–Crippen MR) is 102 cm³/mol. The van der Waals surface area contributed by atoms with Crippen LogP contribution in [-0.4, -0.2) is 67.3 Å². The van der Waals surface area contributed by atoms with Crippen LogP contribution in [0.3, 0.4) is 0 Å². The largest absolute Gasteiger partial charge is 0.376 e. The Labute approximate surface area is 157 Å². The predicted octanol–water partition coefficient (Wildman–Crippen LogP) is 2.70. The first-order chi connectivity index (χ1) is 12.7. The summed E-state index contributed by atoms with van der Waals surface area (Å²) >= 11 is 0. The fourth-order valence-corrected chi connectivity index (χ4v) is 3.71. The van der Waals surface area contributed by atoms with E-state index in [1.54, 1.807) is 0 Å². The molecule has 0 saturated carbocycles. The van der Waals surface area contributed by atoms with Crippen molar-refractivity contribution in [1.29, 1.82) is 0 Å². The van der Waals surface area contributed by atoms with Crippen molar-refractivity contribution in [3.8, 4) is 0 Å². The molecule has 2 heterocycles. The molecule has 2 aliphatic heterocycles. The third kappa shape index (κ3) is 5.79. The lowest BCUT2D eigenvalue weighted by Crippen LogP contribution is -2.42. The van der Waals surface area contributed by atoms with Crippen LogP contribution < -0.4 is 0 Å². The van der Waals surface area contributed by atoms with Crippen molar-refractivity contribution in [3.05, 3.63) is 35.9 Å². The molecule has 2 atom stereocenters. The second kappa shape index (κ2) is 10.0. The van der Waals surface area contributed by atoms with Crippen molar-refractivity contribution in [2.24, 2.45) is 0 Å². The standard InChI is InChI=1S/C21H32N2O3/c1-18(26-17-20-10-5-6-15-25-20)21(24)23-12-7-11-22(13-14-23)16-19-8-3-2-4-9-19/h2-4,8-9,18,20H,5-7,10-17H2,1H3/t18-,20+/m1/s1. The molecule has 2 fully saturated rings. The fourth-order valence-electron chi connectivity index (χ4n) is 3.71. The van der Waals surface area contributed by atoms with Crippen molar-refractivity contribution in [2.75, 3.05) is 39.4 Å². The van der Waals surface area contributed by atoms with Gasteiger partial charge in [0, 0.05) is 39.3 Å². The van der Waals surface area contributed by atoms with E-state index in [1.165, 1.54) is 12.0 Å². The summed E-state index contributed by atoms with van der Waals surface area (Å²) in [6.45, 7) is 7.71. The van der Waals surface area contributed by atoms with Crippen LogP contribution >= 0.6 is 0 Å². The molecular formula is C21H32N2O3. The Balaban J connectivity index is 1.42. The molecular weight excluding hydrogens is 328 g/mol. The second-order valence-corrected chi connectivity index (χ2v) is 7.40. The number of rotatable bonds is 6. The van der Waals surface area contributed by atoms with Gasteiger partial charge < -0.3 is 14.4 Å². The van der Waals surface area contributed by atoms with Gasteiger partial charge in [0.1, 0.15) is 6.10 Å². The Morgan fingerprint density at radius 2 is 2.00 bits per heavy atom. The van der Waals surface area contributed by atoms with E-state index in [1.807, 2.05) is 17.9 Å². The van der Waals surface area contributed by atoms with Gasteiger partial charge >= 0.3 is 0 Å². The summed E-state index contributed by atoms with van der Waals surface area (Å²) in [6.07, 6.45) is 4.15. The van der Waals surface area contributed by atoms with Gasteiger partial charge in [-0.2, -0.15) is 0 Å². The Hall–Kier alpha value is -1.43. The summed E-state index contributed by atoms with van der Waals surface area (Å²) in [5, 5.41) is 0. The summed E-state index contributed by atoms with van der Waals surface area (Å²) in [5.74, 6) is 0.113. The molecule has 3 rings (SSSR count). The zero-order valence-corrected chi connectivity index (χ0v) is 15.9. The smallest absolute Gasteiger partial charge is 0.251 e. The number of nitrogens with zero attached hydrogens (tertiary/aromatic N) is 2. The highest BCUT2D eigenvalue weighted by molar-refractivity contribution is 5.80. The molecule has 144 valence electrons. The molecule has 0 radical (unpaired) electrons. The number of hydrogen-bond donors (Lipinski definition) is 0. The van der Waals surface area contributed by atoms with Gasteiger partial charge in [-0.3, -0.25) is 9.69 Å². The Morgan fingerprint density at radius 3 is 2.77 bits per heavy atom. The van der Waals surface area contributed by atoms with E-state index >= 15 is 0 Å². The highest BCUT2D eigenvalue weighted by atomic mass is 16.5. The maximum Gasteiger partial charge on any atom is 0.251 e. The molecule has 0 N–H and O–H groups in total. The maximum atomic E-state index is 12.7. The van der Waals surface area contributed by atoms with Gasteiger partial charge in [-0.05, 0) is 38.2 Å². The topological polar surface area (TPSA) is 42.0 Å². The van der Waals surface area contributed by atoms with Crippen molar-refractivity contribution in [3.63, 3.8) is 0 Å². The van der Waals surface area contributed by atoms with Gasteiger partial charge in [-0.25, -0.2) is 0 Å². The van der Waals surface area contributed by atoms with Gasteiger partial charge in [0.2, 0.25) is 0 Å². The van der Waals surface area contributed by atoms with Crippen LogP contribution in [-0.2, 0) is 20.8 Å². The van der Waals surface area contributed by atoms with Crippen LogP contribution in [0, 0.1) is 0 Å². The van der Waals surface area contributed by atoms with Crippen molar-refractivity contribution in [2.45, 2.75) is 51.4 Å². The average molecular weight is 360 g/mol. The zero-order chi connectivity index (χ0) is 18.2. The summed E-state index contributed by atoms with van der Waals surface area (Å²) in [6, 6.07) is 10.5. The minimum atomic E-state index is -0.388. The molecule has 0 spiro atoms. The van der Waals surface area contributed by atoms with Crippen LogP contribution in [0.1, 0.15) is 38.2 Å². The van der Waals surface area contributed by atoms with Crippen LogP contribution in [0.15, 0.2) is 30.3 Å². The van der Waals surface area contributed by atoms with E-state index in [9.17, 15) is 4.79 Å². The summed E-state index contributed by atoms with van der Waals surface area (Å²) < 4.78 is 11.5. The SMILES string of the molecule is C[C@@H](OC[C@@H]1CCCCO1)C(=O)N1CCCN(Cc2ccccc2)CC1. The maximum absolute atomic E-state index is 12.7. The van der Waals surface area contributed by atoms with Gasteiger partial charge in [-0.15, -0.1) is 0 Å². The fraction of sp³-hybridized carbons (Fsp3) is 0.667. The van der Waals surface area contributed by atoms with Gasteiger partial charge in [0.05, 0.1) is 12.7 Å². The van der Waals surface area contributed by atoms with Gasteiger partial charge in [0.15, 0.2) is 0 Å². The molecule has 1 amide bonds. The third-order valence-corrected chi connectivity index (χ3v) is 5.30. The molecule has 0 aromatic heterocycles. The molecule has 1 aromatic rings. The lowest BCUT2D eigenvalue weighted by molar-refractivity contribution is -0.146. The van der Waals surface area contributed by atoms with E-state index in [0.29, 0.717) is 6.61 Å². The molecule has 5 heteroatoms. The molecule has 0 aliphatic carbocycles. The molecule has 26 heavy (non-hydrogen) atoms. The number of amides is 1. The normalized spacial score (nSPS) is 23.4. The van der Waals surface area contributed by atoms with E-state index in [2.05, 4.69) is 29.2 Å². The molecule has 0 bridgehead atoms. The Bertz CT molecular complexity index is 545. The highest BCUT2D eigenvalue weighted by Gasteiger charge is 2.25. The van der Waals surface area contributed by atoms with E-state index in [0.717, 1.165) is 58.6 Å². The van der Waals surface area contributed by atoms with E-state index in [4.69, 9.17) is 9.47 Å².